The van der Waals surface area contributed by atoms with Crippen LogP contribution in [0.5, 0.6) is 17.2 Å². The average molecular weight is 366 g/mol. The molecule has 4 nitrogen and oxygen atoms in total. The van der Waals surface area contributed by atoms with E-state index in [1.165, 1.54) is 12.7 Å². The largest absolute Gasteiger partial charge is 0.508 e. The summed E-state index contributed by atoms with van der Waals surface area (Å²) >= 11 is 0. The van der Waals surface area contributed by atoms with Crippen molar-refractivity contribution in [1.29, 1.82) is 0 Å². The Hall–Kier alpha value is -3.01. The Morgan fingerprint density at radius 1 is 1.04 bits per heavy atom. The smallest absolute Gasteiger partial charge is 0.189 e. The predicted molar refractivity (Wildman–Crippen MR) is 109 cm³/mol. The zero-order valence-corrected chi connectivity index (χ0v) is 16.5. The normalized spacial score (nSPS) is 11.1. The van der Waals surface area contributed by atoms with Crippen LogP contribution in [0.2, 0.25) is 0 Å². The molecule has 2 aromatic rings. The predicted octanol–water partition coefficient (Wildman–Crippen LogP) is 5.20. The summed E-state index contributed by atoms with van der Waals surface area (Å²) < 4.78 is 10.5. The van der Waals surface area contributed by atoms with Crippen LogP contribution in [-0.4, -0.2) is 25.1 Å². The maximum Gasteiger partial charge on any atom is 0.189 e. The Morgan fingerprint density at radius 2 is 1.78 bits per heavy atom. The number of carbonyl (C=O) groups excluding carboxylic acids is 1. The van der Waals surface area contributed by atoms with E-state index in [4.69, 9.17) is 9.47 Å². The van der Waals surface area contributed by atoms with Gasteiger partial charge in [0.2, 0.25) is 0 Å². The Kier molecular flexibility index (Phi) is 6.83. The van der Waals surface area contributed by atoms with E-state index in [1.54, 1.807) is 37.5 Å². The third-order valence-electron chi connectivity index (χ3n) is 4.29. The van der Waals surface area contributed by atoms with Crippen molar-refractivity contribution in [2.45, 2.75) is 27.2 Å². The fraction of sp³-hybridized carbons (Fsp3) is 0.261. The molecule has 1 N–H and O–H groups in total. The van der Waals surface area contributed by atoms with Gasteiger partial charge in [0.1, 0.15) is 17.2 Å². The number of rotatable bonds is 7. The number of methoxy groups -OCH3 is 2. The molecule has 0 bridgehead atoms. The highest BCUT2D eigenvalue weighted by molar-refractivity contribution is 6.10. The van der Waals surface area contributed by atoms with Crippen molar-refractivity contribution >= 4 is 11.4 Å². The molecule has 2 aromatic carbocycles. The molecular weight excluding hydrogens is 340 g/mol. The van der Waals surface area contributed by atoms with E-state index < -0.39 is 0 Å². The Balaban J connectivity index is 2.33. The van der Waals surface area contributed by atoms with Gasteiger partial charge in [-0.05, 0) is 74.2 Å². The first-order valence-corrected chi connectivity index (χ1v) is 8.76. The van der Waals surface area contributed by atoms with Crippen molar-refractivity contribution in [1.82, 2.24) is 0 Å². The van der Waals surface area contributed by atoms with Gasteiger partial charge in [-0.3, -0.25) is 4.79 Å². The fourth-order valence-electron chi connectivity index (χ4n) is 2.67. The summed E-state index contributed by atoms with van der Waals surface area (Å²) in [5.74, 6) is 1.21. The van der Waals surface area contributed by atoms with Gasteiger partial charge in [0.05, 0.1) is 19.8 Å². The number of phenolic OH excluding ortho intramolecular Hbond substituents is 1. The van der Waals surface area contributed by atoms with Gasteiger partial charge in [0.15, 0.2) is 5.78 Å². The van der Waals surface area contributed by atoms with Crippen molar-refractivity contribution in [3.05, 3.63) is 70.8 Å². The lowest BCUT2D eigenvalue weighted by atomic mass is 9.99. The summed E-state index contributed by atoms with van der Waals surface area (Å²) in [6, 6.07) is 10.5. The number of hydrogen-bond donors (Lipinski definition) is 1. The van der Waals surface area contributed by atoms with Crippen LogP contribution in [0.1, 0.15) is 42.3 Å². The van der Waals surface area contributed by atoms with Gasteiger partial charge in [0, 0.05) is 6.07 Å². The molecule has 0 fully saturated rings. The molecule has 0 aliphatic carbocycles. The molecule has 2 rings (SSSR count). The van der Waals surface area contributed by atoms with E-state index in [0.717, 1.165) is 16.7 Å². The van der Waals surface area contributed by atoms with E-state index in [-0.39, 0.29) is 11.5 Å². The van der Waals surface area contributed by atoms with Crippen molar-refractivity contribution < 1.29 is 19.4 Å². The quantitative estimate of drug-likeness (QED) is 0.415. The van der Waals surface area contributed by atoms with Crippen LogP contribution in [-0.2, 0) is 6.42 Å². The van der Waals surface area contributed by atoms with E-state index in [1.807, 2.05) is 32.9 Å². The number of benzene rings is 2. The van der Waals surface area contributed by atoms with Gasteiger partial charge in [-0.15, -0.1) is 0 Å². The Morgan fingerprint density at radius 3 is 2.41 bits per heavy atom. The summed E-state index contributed by atoms with van der Waals surface area (Å²) in [4.78, 5) is 12.7. The summed E-state index contributed by atoms with van der Waals surface area (Å²) in [7, 11) is 3.09. The monoisotopic (exact) mass is 366 g/mol. The first-order chi connectivity index (χ1) is 12.8. The molecule has 27 heavy (non-hydrogen) atoms. The van der Waals surface area contributed by atoms with Crippen LogP contribution in [0.3, 0.4) is 0 Å². The van der Waals surface area contributed by atoms with Gasteiger partial charge in [0.25, 0.3) is 0 Å². The SMILES string of the molecule is COc1ccc(C(=O)C=C(C)c2ccc(O)c(CC=C(C)C)c2)c(OC)c1. The number of hydrogen-bond acceptors (Lipinski definition) is 4. The van der Waals surface area contributed by atoms with Crippen LogP contribution < -0.4 is 9.47 Å². The minimum atomic E-state index is -0.147. The third-order valence-corrected chi connectivity index (χ3v) is 4.29. The minimum absolute atomic E-state index is 0.147. The van der Waals surface area contributed by atoms with Crippen LogP contribution in [0.4, 0.5) is 0 Å². The topological polar surface area (TPSA) is 55.8 Å². The van der Waals surface area contributed by atoms with E-state index in [0.29, 0.717) is 23.5 Å². The van der Waals surface area contributed by atoms with E-state index in [2.05, 4.69) is 6.08 Å². The minimum Gasteiger partial charge on any atom is -0.508 e. The van der Waals surface area contributed by atoms with Crippen molar-refractivity contribution in [3.63, 3.8) is 0 Å². The third kappa shape index (κ3) is 5.23. The number of ether oxygens (including phenoxy) is 2. The maximum absolute atomic E-state index is 12.7. The number of allylic oxidation sites excluding steroid dienone is 4. The molecule has 0 heterocycles. The first kappa shape index (κ1) is 20.3. The average Bonchev–Trinajstić information content (AvgIpc) is 2.66. The Labute approximate surface area is 160 Å². The van der Waals surface area contributed by atoms with Crippen molar-refractivity contribution in [2.24, 2.45) is 0 Å². The second-order valence-electron chi connectivity index (χ2n) is 6.59. The molecule has 0 aromatic heterocycles. The van der Waals surface area contributed by atoms with Gasteiger partial charge in [-0.1, -0.05) is 17.7 Å². The lowest BCUT2D eigenvalue weighted by Crippen LogP contribution is -2.00. The number of phenols is 1. The van der Waals surface area contributed by atoms with Gasteiger partial charge < -0.3 is 14.6 Å². The second-order valence-corrected chi connectivity index (χ2v) is 6.59. The summed E-state index contributed by atoms with van der Waals surface area (Å²) in [6.07, 6.45) is 4.29. The van der Waals surface area contributed by atoms with Crippen LogP contribution in [0.15, 0.2) is 54.1 Å². The molecule has 0 spiro atoms. The van der Waals surface area contributed by atoms with Crippen LogP contribution in [0, 0.1) is 0 Å². The van der Waals surface area contributed by atoms with Gasteiger partial charge >= 0.3 is 0 Å². The molecule has 0 amide bonds. The van der Waals surface area contributed by atoms with Gasteiger partial charge in [-0.2, -0.15) is 0 Å². The molecule has 0 aliphatic rings. The zero-order valence-electron chi connectivity index (χ0n) is 16.5. The van der Waals surface area contributed by atoms with Crippen LogP contribution in [0.25, 0.3) is 5.57 Å². The highest BCUT2D eigenvalue weighted by Crippen LogP contribution is 2.27. The maximum atomic E-state index is 12.7. The zero-order chi connectivity index (χ0) is 20.0. The van der Waals surface area contributed by atoms with Gasteiger partial charge in [-0.25, -0.2) is 0 Å². The molecule has 0 unspecified atom stereocenters. The van der Waals surface area contributed by atoms with E-state index >= 15 is 0 Å². The van der Waals surface area contributed by atoms with Crippen LogP contribution >= 0.6 is 0 Å². The molecule has 0 radical (unpaired) electrons. The summed E-state index contributed by atoms with van der Waals surface area (Å²) in [6.45, 7) is 5.92. The summed E-state index contributed by atoms with van der Waals surface area (Å²) in [5, 5.41) is 10.1. The number of aromatic hydroxyl groups is 1. The van der Waals surface area contributed by atoms with Crippen molar-refractivity contribution in [3.8, 4) is 17.2 Å². The fourth-order valence-corrected chi connectivity index (χ4v) is 2.67. The molecular formula is C23H26O4. The van der Waals surface area contributed by atoms with Crippen molar-refractivity contribution in [2.75, 3.05) is 14.2 Å². The lowest BCUT2D eigenvalue weighted by Gasteiger charge is -2.10. The first-order valence-electron chi connectivity index (χ1n) is 8.76. The molecule has 0 atom stereocenters. The standard InChI is InChI=1S/C23H26O4/c1-15(2)6-7-18-13-17(8-11-21(18)24)16(3)12-22(25)20-10-9-19(26-4)14-23(20)27-5/h6,8-14,24H,7H2,1-5H3. The molecule has 0 saturated heterocycles. The Bertz CT molecular complexity index is 887. The highest BCUT2D eigenvalue weighted by Gasteiger charge is 2.12. The van der Waals surface area contributed by atoms with E-state index in [9.17, 15) is 9.90 Å². The lowest BCUT2D eigenvalue weighted by molar-refractivity contribution is 0.104. The second kappa shape index (κ2) is 9.08. The molecule has 0 saturated carbocycles. The molecule has 142 valence electrons. The number of carbonyl (C=O) groups is 1. The number of ketones is 1. The molecule has 0 aliphatic heterocycles. The molecule has 4 heteroatoms. The highest BCUT2D eigenvalue weighted by atomic mass is 16.5. The summed E-state index contributed by atoms with van der Waals surface area (Å²) in [5.41, 5.74) is 4.20.